The molecule has 0 radical (unpaired) electrons. The van der Waals surface area contributed by atoms with Crippen molar-refractivity contribution in [2.45, 2.75) is 32.2 Å². The minimum absolute atomic E-state index is 0.209. The van der Waals surface area contributed by atoms with Gasteiger partial charge in [0.05, 0.1) is 7.11 Å². The van der Waals surface area contributed by atoms with Crippen LogP contribution < -0.4 is 15.4 Å². The van der Waals surface area contributed by atoms with Crippen LogP contribution in [0.3, 0.4) is 0 Å². The van der Waals surface area contributed by atoms with Gasteiger partial charge in [-0.15, -0.1) is 0 Å². The Bertz CT molecular complexity index is 613. The number of nitrogens with zero attached hydrogens (tertiary/aromatic N) is 1. The van der Waals surface area contributed by atoms with Gasteiger partial charge in [0.25, 0.3) is 0 Å². The van der Waals surface area contributed by atoms with Gasteiger partial charge in [-0.3, -0.25) is 4.79 Å². The van der Waals surface area contributed by atoms with E-state index in [0.717, 1.165) is 30.6 Å². The van der Waals surface area contributed by atoms with Crippen molar-refractivity contribution in [2.24, 2.45) is 5.92 Å². The Balaban J connectivity index is 1.49. The minimum atomic E-state index is -0.251. The topological polar surface area (TPSA) is 70.7 Å². The zero-order chi connectivity index (χ0) is 16.4. The molecule has 3 amide bonds. The van der Waals surface area contributed by atoms with Crippen LogP contribution in [0.4, 0.5) is 10.5 Å². The predicted molar refractivity (Wildman–Crippen MR) is 87.6 cm³/mol. The van der Waals surface area contributed by atoms with E-state index in [2.05, 4.69) is 10.6 Å². The molecule has 2 N–H and O–H groups in total. The predicted octanol–water partition coefficient (Wildman–Crippen LogP) is 2.14. The smallest absolute Gasteiger partial charge is 0.319 e. The lowest BCUT2D eigenvalue weighted by Gasteiger charge is -2.16. The standard InChI is InChI=1S/C17H23N3O3/c1-11-3-6-14(23-2)8-15(11)19-17(22)18-9-12-7-16(21)20(10-12)13-4-5-13/h3,6,8,12-13H,4-5,7,9-10H2,1-2H3,(H2,18,19,22)/t12-/m1/s1. The number of likely N-dealkylation sites (tertiary alicyclic amines) is 1. The largest absolute Gasteiger partial charge is 0.497 e. The van der Waals surface area contributed by atoms with E-state index < -0.39 is 0 Å². The number of amides is 3. The summed E-state index contributed by atoms with van der Waals surface area (Å²) in [7, 11) is 1.59. The van der Waals surface area contributed by atoms with Gasteiger partial charge in [0, 0.05) is 43.2 Å². The summed E-state index contributed by atoms with van der Waals surface area (Å²) in [5.74, 6) is 1.14. The Morgan fingerprint density at radius 2 is 2.17 bits per heavy atom. The van der Waals surface area contributed by atoms with Crippen LogP contribution in [0.1, 0.15) is 24.8 Å². The van der Waals surface area contributed by atoms with Gasteiger partial charge in [-0.1, -0.05) is 6.07 Å². The van der Waals surface area contributed by atoms with Crippen LogP contribution >= 0.6 is 0 Å². The lowest BCUT2D eigenvalue weighted by Crippen LogP contribution is -2.34. The van der Waals surface area contributed by atoms with Crippen molar-refractivity contribution in [3.63, 3.8) is 0 Å². The van der Waals surface area contributed by atoms with Crippen LogP contribution in [0.15, 0.2) is 18.2 Å². The third-order valence-corrected chi connectivity index (χ3v) is 4.47. The maximum Gasteiger partial charge on any atom is 0.319 e. The van der Waals surface area contributed by atoms with Gasteiger partial charge in [0.15, 0.2) is 0 Å². The van der Waals surface area contributed by atoms with Gasteiger partial charge in [-0.25, -0.2) is 4.79 Å². The van der Waals surface area contributed by atoms with Gasteiger partial charge >= 0.3 is 6.03 Å². The van der Waals surface area contributed by atoms with Gasteiger partial charge < -0.3 is 20.3 Å². The molecule has 0 unspecified atom stereocenters. The molecule has 0 spiro atoms. The van der Waals surface area contributed by atoms with Crippen LogP contribution in [0.25, 0.3) is 0 Å². The molecule has 0 aromatic heterocycles. The summed E-state index contributed by atoms with van der Waals surface area (Å²) >= 11 is 0. The number of methoxy groups -OCH3 is 1. The van der Waals surface area contributed by atoms with E-state index in [1.165, 1.54) is 0 Å². The van der Waals surface area contributed by atoms with Crippen LogP contribution in [0.2, 0.25) is 0 Å². The Morgan fingerprint density at radius 1 is 1.39 bits per heavy atom. The first-order valence-electron chi connectivity index (χ1n) is 8.06. The summed E-state index contributed by atoms with van der Waals surface area (Å²) in [4.78, 5) is 25.9. The molecular formula is C17H23N3O3. The van der Waals surface area contributed by atoms with Crippen molar-refractivity contribution in [3.05, 3.63) is 23.8 Å². The molecule has 1 saturated heterocycles. The molecule has 0 bridgehead atoms. The maximum absolute atomic E-state index is 12.1. The second kappa shape index (κ2) is 6.48. The molecule has 2 fully saturated rings. The summed E-state index contributed by atoms with van der Waals surface area (Å²) in [6, 6.07) is 5.76. The molecule has 2 aliphatic rings. The number of carbonyl (C=O) groups excluding carboxylic acids is 2. The van der Waals surface area contributed by atoms with E-state index in [1.54, 1.807) is 13.2 Å². The highest BCUT2D eigenvalue weighted by molar-refractivity contribution is 5.90. The first kappa shape index (κ1) is 15.6. The number of anilines is 1. The lowest BCUT2D eigenvalue weighted by molar-refractivity contribution is -0.128. The van der Waals surface area contributed by atoms with Crippen LogP contribution in [0, 0.1) is 12.8 Å². The van der Waals surface area contributed by atoms with Crippen LogP contribution in [-0.2, 0) is 4.79 Å². The summed E-state index contributed by atoms with van der Waals surface area (Å²) in [6.45, 7) is 3.21. The molecule has 1 heterocycles. The van der Waals surface area contributed by atoms with Crippen molar-refractivity contribution < 1.29 is 14.3 Å². The zero-order valence-electron chi connectivity index (χ0n) is 13.6. The van der Waals surface area contributed by atoms with Crippen molar-refractivity contribution in [1.82, 2.24) is 10.2 Å². The number of nitrogens with one attached hydrogen (secondary N) is 2. The van der Waals surface area contributed by atoms with E-state index in [0.29, 0.717) is 24.8 Å². The highest BCUT2D eigenvalue weighted by Gasteiger charge is 2.39. The molecule has 1 atom stereocenters. The van der Waals surface area contributed by atoms with Crippen molar-refractivity contribution in [2.75, 3.05) is 25.5 Å². The molecular weight excluding hydrogens is 294 g/mol. The van der Waals surface area contributed by atoms with E-state index in [1.807, 2.05) is 24.0 Å². The minimum Gasteiger partial charge on any atom is -0.497 e. The zero-order valence-corrected chi connectivity index (χ0v) is 13.6. The summed E-state index contributed by atoms with van der Waals surface area (Å²) in [6.07, 6.45) is 2.79. The van der Waals surface area contributed by atoms with Crippen molar-refractivity contribution in [1.29, 1.82) is 0 Å². The molecule has 3 rings (SSSR count). The normalized spacial score (nSPS) is 20.5. The van der Waals surface area contributed by atoms with Crippen LogP contribution in [-0.4, -0.2) is 43.1 Å². The average Bonchev–Trinajstić information content (AvgIpc) is 3.31. The Kier molecular flexibility index (Phi) is 4.41. The third-order valence-electron chi connectivity index (χ3n) is 4.47. The molecule has 6 nitrogen and oxygen atoms in total. The second-order valence-corrected chi connectivity index (χ2v) is 6.36. The molecule has 124 valence electrons. The first-order chi connectivity index (χ1) is 11.1. The van der Waals surface area contributed by atoms with E-state index in [9.17, 15) is 9.59 Å². The average molecular weight is 317 g/mol. The molecule has 1 aromatic rings. The van der Waals surface area contributed by atoms with E-state index in [-0.39, 0.29) is 17.9 Å². The first-order valence-corrected chi connectivity index (χ1v) is 8.06. The van der Waals surface area contributed by atoms with Crippen LogP contribution in [0.5, 0.6) is 5.75 Å². The number of ether oxygens (including phenoxy) is 1. The van der Waals surface area contributed by atoms with E-state index in [4.69, 9.17) is 4.74 Å². The highest BCUT2D eigenvalue weighted by atomic mass is 16.5. The highest BCUT2D eigenvalue weighted by Crippen LogP contribution is 2.32. The molecule has 1 aliphatic carbocycles. The van der Waals surface area contributed by atoms with Gasteiger partial charge in [-0.05, 0) is 31.4 Å². The number of hydrogen-bond acceptors (Lipinski definition) is 3. The summed E-state index contributed by atoms with van der Waals surface area (Å²) in [5.41, 5.74) is 1.70. The lowest BCUT2D eigenvalue weighted by atomic mass is 10.1. The quantitative estimate of drug-likeness (QED) is 0.874. The number of benzene rings is 1. The van der Waals surface area contributed by atoms with Gasteiger partial charge in [-0.2, -0.15) is 0 Å². The number of hydrogen-bond donors (Lipinski definition) is 2. The number of carbonyl (C=O) groups is 2. The SMILES string of the molecule is COc1ccc(C)c(NC(=O)NC[C@H]2CC(=O)N(C3CC3)C2)c1. The molecule has 1 saturated carbocycles. The monoisotopic (exact) mass is 317 g/mol. The molecule has 1 aliphatic heterocycles. The number of aryl methyl sites for hydroxylation is 1. The fraction of sp³-hybridized carbons (Fsp3) is 0.529. The third kappa shape index (κ3) is 3.75. The number of rotatable bonds is 5. The van der Waals surface area contributed by atoms with Gasteiger partial charge in [0.2, 0.25) is 5.91 Å². The molecule has 23 heavy (non-hydrogen) atoms. The van der Waals surface area contributed by atoms with E-state index >= 15 is 0 Å². The van der Waals surface area contributed by atoms with Crippen molar-refractivity contribution in [3.8, 4) is 5.75 Å². The van der Waals surface area contributed by atoms with Crippen molar-refractivity contribution >= 4 is 17.6 Å². The van der Waals surface area contributed by atoms with Gasteiger partial charge in [0.1, 0.15) is 5.75 Å². The molecule has 6 heteroatoms. The Labute approximate surface area is 136 Å². The second-order valence-electron chi connectivity index (χ2n) is 6.36. The Morgan fingerprint density at radius 3 is 2.87 bits per heavy atom. The molecule has 1 aromatic carbocycles. The maximum atomic E-state index is 12.1. The fourth-order valence-electron chi connectivity index (χ4n) is 2.95. The number of urea groups is 1. The Hall–Kier alpha value is -2.24. The fourth-order valence-corrected chi connectivity index (χ4v) is 2.95. The summed E-state index contributed by atoms with van der Waals surface area (Å²) in [5, 5.41) is 5.71. The summed E-state index contributed by atoms with van der Waals surface area (Å²) < 4.78 is 5.17.